The van der Waals surface area contributed by atoms with Crippen LogP contribution in [0.15, 0.2) is 0 Å². The van der Waals surface area contributed by atoms with Gasteiger partial charge in [0.15, 0.2) is 0 Å². The maximum Gasteiger partial charge on any atom is 0.0617 e. The SMILES string of the molecule is CC1(C)COCC(N)C1. The molecular weight excluding hydrogens is 114 g/mol. The van der Waals surface area contributed by atoms with E-state index < -0.39 is 0 Å². The second-order valence-electron chi connectivity index (χ2n) is 3.64. The Labute approximate surface area is 56.4 Å². The predicted octanol–water partition coefficient (Wildman–Crippen LogP) is 0.760. The van der Waals surface area contributed by atoms with Gasteiger partial charge < -0.3 is 10.5 Å². The Balaban J connectivity index is 2.41. The van der Waals surface area contributed by atoms with Gasteiger partial charge in [0.1, 0.15) is 0 Å². The molecule has 0 aromatic heterocycles. The molecule has 1 heterocycles. The van der Waals surface area contributed by atoms with Crippen molar-refractivity contribution in [1.29, 1.82) is 0 Å². The summed E-state index contributed by atoms with van der Waals surface area (Å²) in [5.74, 6) is 0. The molecule has 1 aliphatic heterocycles. The third-order valence-corrected chi connectivity index (χ3v) is 1.64. The van der Waals surface area contributed by atoms with E-state index in [2.05, 4.69) is 13.8 Å². The minimum Gasteiger partial charge on any atom is -0.379 e. The van der Waals surface area contributed by atoms with Crippen molar-refractivity contribution in [3.8, 4) is 0 Å². The fraction of sp³-hybridized carbons (Fsp3) is 1.00. The van der Waals surface area contributed by atoms with Crippen LogP contribution in [0.1, 0.15) is 20.3 Å². The Kier molecular flexibility index (Phi) is 1.78. The lowest BCUT2D eigenvalue weighted by Crippen LogP contribution is -2.40. The van der Waals surface area contributed by atoms with Crippen molar-refractivity contribution in [3.05, 3.63) is 0 Å². The number of nitrogens with two attached hydrogens (primary N) is 1. The molecule has 0 spiro atoms. The Bertz CT molecular complexity index is 101. The Morgan fingerprint density at radius 2 is 2.22 bits per heavy atom. The van der Waals surface area contributed by atoms with E-state index in [1.54, 1.807) is 0 Å². The summed E-state index contributed by atoms with van der Waals surface area (Å²) in [5.41, 5.74) is 5.99. The predicted molar refractivity (Wildman–Crippen MR) is 37.2 cm³/mol. The molecule has 0 radical (unpaired) electrons. The van der Waals surface area contributed by atoms with E-state index in [1.807, 2.05) is 0 Å². The standard InChI is InChI=1S/C7H15NO/c1-7(2)3-6(8)4-9-5-7/h6H,3-5,8H2,1-2H3. The van der Waals surface area contributed by atoms with Gasteiger partial charge in [0.25, 0.3) is 0 Å². The molecule has 1 saturated heterocycles. The lowest BCUT2D eigenvalue weighted by atomic mass is 9.85. The van der Waals surface area contributed by atoms with Crippen molar-refractivity contribution in [2.45, 2.75) is 26.3 Å². The van der Waals surface area contributed by atoms with Crippen LogP contribution in [-0.4, -0.2) is 19.3 Å². The summed E-state index contributed by atoms with van der Waals surface area (Å²) in [5, 5.41) is 0. The van der Waals surface area contributed by atoms with Crippen molar-refractivity contribution in [2.24, 2.45) is 11.1 Å². The molecule has 1 aliphatic rings. The molecule has 0 saturated carbocycles. The van der Waals surface area contributed by atoms with Crippen LogP contribution in [0, 0.1) is 5.41 Å². The van der Waals surface area contributed by atoms with Gasteiger partial charge in [-0.3, -0.25) is 0 Å². The first kappa shape index (κ1) is 7.03. The van der Waals surface area contributed by atoms with Crippen molar-refractivity contribution in [3.63, 3.8) is 0 Å². The van der Waals surface area contributed by atoms with Gasteiger partial charge in [-0.2, -0.15) is 0 Å². The maximum atomic E-state index is 5.69. The maximum absolute atomic E-state index is 5.69. The van der Waals surface area contributed by atoms with Gasteiger partial charge in [0.05, 0.1) is 13.2 Å². The van der Waals surface area contributed by atoms with Gasteiger partial charge in [0, 0.05) is 6.04 Å². The van der Waals surface area contributed by atoms with Gasteiger partial charge in [0.2, 0.25) is 0 Å². The Morgan fingerprint density at radius 3 is 2.56 bits per heavy atom. The van der Waals surface area contributed by atoms with Gasteiger partial charge >= 0.3 is 0 Å². The molecule has 2 heteroatoms. The van der Waals surface area contributed by atoms with Crippen LogP contribution in [0.25, 0.3) is 0 Å². The van der Waals surface area contributed by atoms with E-state index in [4.69, 9.17) is 10.5 Å². The third-order valence-electron chi connectivity index (χ3n) is 1.64. The lowest BCUT2D eigenvalue weighted by Gasteiger charge is -2.32. The summed E-state index contributed by atoms with van der Waals surface area (Å²) in [6.45, 7) is 5.97. The van der Waals surface area contributed by atoms with Gasteiger partial charge in [-0.25, -0.2) is 0 Å². The van der Waals surface area contributed by atoms with Crippen LogP contribution in [-0.2, 0) is 4.74 Å². The quantitative estimate of drug-likeness (QED) is 0.524. The summed E-state index contributed by atoms with van der Waals surface area (Å²) in [6.07, 6.45) is 1.09. The second-order valence-corrected chi connectivity index (χ2v) is 3.64. The molecule has 0 aromatic rings. The van der Waals surface area contributed by atoms with Crippen molar-refractivity contribution >= 4 is 0 Å². The fourth-order valence-electron chi connectivity index (χ4n) is 1.31. The van der Waals surface area contributed by atoms with Crippen LogP contribution < -0.4 is 5.73 Å². The van der Waals surface area contributed by atoms with Crippen LogP contribution in [0.4, 0.5) is 0 Å². The molecule has 0 aromatic carbocycles. The van der Waals surface area contributed by atoms with Crippen LogP contribution in [0.5, 0.6) is 0 Å². The molecule has 2 nitrogen and oxygen atoms in total. The fourth-order valence-corrected chi connectivity index (χ4v) is 1.31. The largest absolute Gasteiger partial charge is 0.379 e. The molecule has 0 aliphatic carbocycles. The smallest absolute Gasteiger partial charge is 0.0617 e. The zero-order valence-corrected chi connectivity index (χ0v) is 6.18. The second kappa shape index (κ2) is 2.27. The highest BCUT2D eigenvalue weighted by atomic mass is 16.5. The van der Waals surface area contributed by atoms with Crippen LogP contribution in [0.2, 0.25) is 0 Å². The molecule has 1 fully saturated rings. The lowest BCUT2D eigenvalue weighted by molar-refractivity contribution is 0.000172. The normalized spacial score (nSPS) is 34.3. The number of hydrogen-bond acceptors (Lipinski definition) is 2. The third kappa shape index (κ3) is 1.95. The van der Waals surface area contributed by atoms with Gasteiger partial charge in [-0.1, -0.05) is 13.8 Å². The molecule has 1 unspecified atom stereocenters. The minimum atomic E-state index is 0.258. The van der Waals surface area contributed by atoms with Crippen molar-refractivity contribution < 1.29 is 4.74 Å². The van der Waals surface area contributed by atoms with E-state index in [0.717, 1.165) is 19.6 Å². The summed E-state index contributed by atoms with van der Waals surface area (Å²) < 4.78 is 5.27. The molecule has 54 valence electrons. The monoisotopic (exact) mass is 129 g/mol. The summed E-state index contributed by atoms with van der Waals surface area (Å²) in [7, 11) is 0. The van der Waals surface area contributed by atoms with Crippen LogP contribution in [0.3, 0.4) is 0 Å². The highest BCUT2D eigenvalue weighted by Crippen LogP contribution is 2.25. The van der Waals surface area contributed by atoms with Gasteiger partial charge in [-0.05, 0) is 11.8 Å². The molecule has 9 heavy (non-hydrogen) atoms. The zero-order valence-electron chi connectivity index (χ0n) is 6.18. The van der Waals surface area contributed by atoms with E-state index in [-0.39, 0.29) is 6.04 Å². The summed E-state index contributed by atoms with van der Waals surface area (Å²) >= 11 is 0. The molecular formula is C7H15NO. The molecule has 1 rings (SSSR count). The van der Waals surface area contributed by atoms with E-state index in [9.17, 15) is 0 Å². The Hall–Kier alpha value is -0.0800. The first-order chi connectivity index (χ1) is 4.10. The summed E-state index contributed by atoms with van der Waals surface area (Å²) in [6, 6.07) is 0.258. The molecule has 2 N–H and O–H groups in total. The summed E-state index contributed by atoms with van der Waals surface area (Å²) in [4.78, 5) is 0. The van der Waals surface area contributed by atoms with Crippen molar-refractivity contribution in [2.75, 3.05) is 13.2 Å². The minimum absolute atomic E-state index is 0.258. The van der Waals surface area contributed by atoms with E-state index in [1.165, 1.54) is 0 Å². The Morgan fingerprint density at radius 1 is 1.56 bits per heavy atom. The van der Waals surface area contributed by atoms with E-state index in [0.29, 0.717) is 5.41 Å². The average Bonchev–Trinajstić information content (AvgIpc) is 1.60. The van der Waals surface area contributed by atoms with Crippen LogP contribution >= 0.6 is 0 Å². The molecule has 0 amide bonds. The highest BCUT2D eigenvalue weighted by molar-refractivity contribution is 4.78. The molecule has 1 atom stereocenters. The number of rotatable bonds is 0. The van der Waals surface area contributed by atoms with Crippen molar-refractivity contribution in [1.82, 2.24) is 0 Å². The zero-order chi connectivity index (χ0) is 6.91. The number of hydrogen-bond donors (Lipinski definition) is 1. The first-order valence-corrected chi connectivity index (χ1v) is 3.43. The average molecular weight is 129 g/mol. The van der Waals surface area contributed by atoms with E-state index >= 15 is 0 Å². The highest BCUT2D eigenvalue weighted by Gasteiger charge is 2.26. The topological polar surface area (TPSA) is 35.2 Å². The number of ether oxygens (including phenoxy) is 1. The molecule has 0 bridgehead atoms. The first-order valence-electron chi connectivity index (χ1n) is 3.43. The van der Waals surface area contributed by atoms with Gasteiger partial charge in [-0.15, -0.1) is 0 Å².